The molecule has 0 amide bonds. The van der Waals surface area contributed by atoms with E-state index >= 15 is 0 Å². The Balaban J connectivity index is 2.86. The number of imidazole rings is 1. The molecule has 4 heteroatoms. The van der Waals surface area contributed by atoms with Crippen LogP contribution in [0.4, 0.5) is 5.82 Å². The van der Waals surface area contributed by atoms with E-state index in [1.807, 2.05) is 6.07 Å². The number of pyridine rings is 1. The summed E-state index contributed by atoms with van der Waals surface area (Å²) >= 11 is 5.74. The van der Waals surface area contributed by atoms with Gasteiger partial charge in [-0.1, -0.05) is 11.6 Å². The molecule has 2 N–H and O–H groups in total. The number of halogens is 1. The van der Waals surface area contributed by atoms with Gasteiger partial charge in [0.1, 0.15) is 12.1 Å². The van der Waals surface area contributed by atoms with Gasteiger partial charge in [-0.2, -0.15) is 0 Å². The standard InChI is InChI=1S/C7H6ClN3/c8-5-1-2-6-7(9)10-4-11(6)3-5/h1-4H,9H2. The van der Waals surface area contributed by atoms with Crippen molar-refractivity contribution in [2.75, 3.05) is 5.73 Å². The second-order valence-corrected chi connectivity index (χ2v) is 2.71. The van der Waals surface area contributed by atoms with Crippen LogP contribution in [-0.2, 0) is 0 Å². The van der Waals surface area contributed by atoms with E-state index in [0.29, 0.717) is 10.8 Å². The van der Waals surface area contributed by atoms with Crippen LogP contribution in [0, 0.1) is 0 Å². The molecule has 0 aliphatic heterocycles. The average molecular weight is 168 g/mol. The minimum Gasteiger partial charge on any atom is -0.382 e. The second-order valence-electron chi connectivity index (χ2n) is 2.27. The van der Waals surface area contributed by atoms with Crippen LogP contribution in [0.5, 0.6) is 0 Å². The maximum Gasteiger partial charge on any atom is 0.149 e. The van der Waals surface area contributed by atoms with Gasteiger partial charge in [-0.15, -0.1) is 0 Å². The summed E-state index contributed by atoms with van der Waals surface area (Å²) in [5.41, 5.74) is 6.43. The molecule has 2 heterocycles. The molecule has 0 fully saturated rings. The molecule has 0 spiro atoms. The van der Waals surface area contributed by atoms with Crippen LogP contribution in [-0.4, -0.2) is 9.38 Å². The summed E-state index contributed by atoms with van der Waals surface area (Å²) in [7, 11) is 0. The number of nitrogens with two attached hydrogens (primary N) is 1. The van der Waals surface area contributed by atoms with Gasteiger partial charge in [-0.25, -0.2) is 4.98 Å². The van der Waals surface area contributed by atoms with Crippen LogP contribution >= 0.6 is 11.6 Å². The van der Waals surface area contributed by atoms with E-state index < -0.39 is 0 Å². The fourth-order valence-corrected chi connectivity index (χ4v) is 1.16. The summed E-state index contributed by atoms with van der Waals surface area (Å²) in [5.74, 6) is 0.529. The van der Waals surface area contributed by atoms with Crippen molar-refractivity contribution in [2.24, 2.45) is 0 Å². The van der Waals surface area contributed by atoms with Crippen molar-refractivity contribution in [1.29, 1.82) is 0 Å². The van der Waals surface area contributed by atoms with Crippen LogP contribution in [0.1, 0.15) is 0 Å². The molecule has 2 aromatic rings. The lowest BCUT2D eigenvalue weighted by atomic mass is 10.4. The van der Waals surface area contributed by atoms with Crippen molar-refractivity contribution in [3.8, 4) is 0 Å². The number of hydrogen-bond acceptors (Lipinski definition) is 2. The Bertz CT molecular complexity index is 393. The van der Waals surface area contributed by atoms with Crippen molar-refractivity contribution in [3.05, 3.63) is 29.7 Å². The van der Waals surface area contributed by atoms with Crippen LogP contribution < -0.4 is 5.73 Å². The third-order valence-electron chi connectivity index (χ3n) is 1.52. The third kappa shape index (κ3) is 0.935. The predicted molar refractivity (Wildman–Crippen MR) is 44.6 cm³/mol. The number of aromatic nitrogens is 2. The summed E-state index contributed by atoms with van der Waals surface area (Å²) in [6.07, 6.45) is 3.40. The number of nitrogens with zero attached hydrogens (tertiary/aromatic N) is 2. The van der Waals surface area contributed by atoms with Crippen molar-refractivity contribution < 1.29 is 0 Å². The smallest absolute Gasteiger partial charge is 0.149 e. The number of fused-ring (bicyclic) bond motifs is 1. The van der Waals surface area contributed by atoms with Gasteiger partial charge in [0.05, 0.1) is 10.5 Å². The lowest BCUT2D eigenvalue weighted by molar-refractivity contribution is 1.15. The van der Waals surface area contributed by atoms with Gasteiger partial charge in [0.15, 0.2) is 0 Å². The fraction of sp³-hybridized carbons (Fsp3) is 0. The van der Waals surface area contributed by atoms with Gasteiger partial charge in [-0.3, -0.25) is 0 Å². The minimum absolute atomic E-state index is 0.529. The lowest BCUT2D eigenvalue weighted by Gasteiger charge is -1.93. The average Bonchev–Trinajstić information content (AvgIpc) is 2.32. The van der Waals surface area contributed by atoms with Crippen LogP contribution in [0.3, 0.4) is 0 Å². The van der Waals surface area contributed by atoms with E-state index in [1.54, 1.807) is 23.0 Å². The summed E-state index contributed by atoms with van der Waals surface area (Å²) in [5, 5.41) is 0.676. The Morgan fingerprint density at radius 1 is 1.45 bits per heavy atom. The molecule has 0 saturated carbocycles. The van der Waals surface area contributed by atoms with E-state index in [4.69, 9.17) is 17.3 Å². The topological polar surface area (TPSA) is 43.3 Å². The maximum atomic E-state index is 5.74. The zero-order valence-electron chi connectivity index (χ0n) is 5.66. The van der Waals surface area contributed by atoms with Crippen molar-refractivity contribution in [2.45, 2.75) is 0 Å². The highest BCUT2D eigenvalue weighted by Crippen LogP contribution is 2.14. The molecule has 0 aliphatic rings. The molecule has 0 aromatic carbocycles. The monoisotopic (exact) mass is 167 g/mol. The Labute approximate surface area is 68.4 Å². The fourth-order valence-electron chi connectivity index (χ4n) is 0.994. The Kier molecular flexibility index (Phi) is 1.26. The zero-order valence-corrected chi connectivity index (χ0v) is 6.42. The van der Waals surface area contributed by atoms with E-state index in [1.165, 1.54) is 0 Å². The van der Waals surface area contributed by atoms with Gasteiger partial charge < -0.3 is 10.1 Å². The molecule has 3 nitrogen and oxygen atoms in total. The predicted octanol–water partition coefficient (Wildman–Crippen LogP) is 1.57. The first-order valence-electron chi connectivity index (χ1n) is 3.15. The molecular weight excluding hydrogens is 162 g/mol. The van der Waals surface area contributed by atoms with Gasteiger partial charge >= 0.3 is 0 Å². The largest absolute Gasteiger partial charge is 0.382 e. The molecule has 0 aliphatic carbocycles. The molecule has 2 aromatic heterocycles. The molecule has 11 heavy (non-hydrogen) atoms. The van der Waals surface area contributed by atoms with Gasteiger partial charge in [0.25, 0.3) is 0 Å². The Morgan fingerprint density at radius 2 is 2.27 bits per heavy atom. The quantitative estimate of drug-likeness (QED) is 0.647. The van der Waals surface area contributed by atoms with Crippen molar-refractivity contribution >= 4 is 22.9 Å². The number of anilines is 1. The normalized spacial score (nSPS) is 10.6. The van der Waals surface area contributed by atoms with Gasteiger partial charge in [0.2, 0.25) is 0 Å². The van der Waals surface area contributed by atoms with Crippen molar-refractivity contribution in [1.82, 2.24) is 9.38 Å². The van der Waals surface area contributed by atoms with E-state index in [2.05, 4.69) is 4.98 Å². The second kappa shape index (κ2) is 2.13. The first kappa shape index (κ1) is 6.49. The van der Waals surface area contributed by atoms with Crippen molar-refractivity contribution in [3.63, 3.8) is 0 Å². The zero-order chi connectivity index (χ0) is 7.84. The third-order valence-corrected chi connectivity index (χ3v) is 1.75. The SMILES string of the molecule is Nc1ncn2cc(Cl)ccc12. The van der Waals surface area contributed by atoms with Crippen LogP contribution in [0.2, 0.25) is 5.02 Å². The first-order valence-corrected chi connectivity index (χ1v) is 3.53. The van der Waals surface area contributed by atoms with Crippen LogP contribution in [0.25, 0.3) is 5.52 Å². The summed E-state index contributed by atoms with van der Waals surface area (Å²) in [6, 6.07) is 3.62. The molecule has 2 rings (SSSR count). The van der Waals surface area contributed by atoms with E-state index in [-0.39, 0.29) is 0 Å². The van der Waals surface area contributed by atoms with E-state index in [9.17, 15) is 0 Å². The van der Waals surface area contributed by atoms with E-state index in [0.717, 1.165) is 5.52 Å². The lowest BCUT2D eigenvalue weighted by Crippen LogP contribution is -1.85. The molecule has 0 saturated heterocycles. The number of hydrogen-bond donors (Lipinski definition) is 1. The highest BCUT2D eigenvalue weighted by Gasteiger charge is 1.98. The minimum atomic E-state index is 0.529. The maximum absolute atomic E-state index is 5.74. The van der Waals surface area contributed by atoms with Crippen LogP contribution in [0.15, 0.2) is 24.7 Å². The van der Waals surface area contributed by atoms with Gasteiger partial charge in [-0.05, 0) is 12.1 Å². The van der Waals surface area contributed by atoms with Gasteiger partial charge in [0, 0.05) is 6.20 Å². The summed E-state index contributed by atoms with van der Waals surface area (Å²) in [4.78, 5) is 3.92. The molecule has 0 radical (unpaired) electrons. The Hall–Kier alpha value is -1.22. The molecule has 56 valence electrons. The number of nitrogen functional groups attached to an aromatic ring is 1. The highest BCUT2D eigenvalue weighted by molar-refractivity contribution is 6.30. The molecule has 0 atom stereocenters. The molecule has 0 unspecified atom stereocenters. The Morgan fingerprint density at radius 3 is 3.09 bits per heavy atom. The summed E-state index contributed by atoms with van der Waals surface area (Å²) < 4.78 is 1.79. The highest BCUT2D eigenvalue weighted by atomic mass is 35.5. The molecule has 0 bridgehead atoms. The summed E-state index contributed by atoms with van der Waals surface area (Å²) in [6.45, 7) is 0. The number of rotatable bonds is 0. The molecular formula is C7H6ClN3. The first-order chi connectivity index (χ1) is 5.27.